The fourth-order valence-electron chi connectivity index (χ4n) is 3.89. The Morgan fingerprint density at radius 1 is 1.07 bits per heavy atom. The van der Waals surface area contributed by atoms with E-state index in [1.54, 1.807) is 30.3 Å². The summed E-state index contributed by atoms with van der Waals surface area (Å²) in [6.45, 7) is 2.35. The van der Waals surface area contributed by atoms with Crippen molar-refractivity contribution in [2.24, 2.45) is 0 Å². The lowest BCUT2D eigenvalue weighted by molar-refractivity contribution is 0.0287. The maximum Gasteiger partial charge on any atom is 0.255 e. The summed E-state index contributed by atoms with van der Waals surface area (Å²) in [5, 5.41) is 2.95. The molecule has 0 bridgehead atoms. The minimum Gasteiger partial charge on any atom is -0.485 e. The average molecular weight is 401 g/mol. The number of hydrogen-bond acceptors (Lipinski definition) is 4. The Balaban J connectivity index is 1.45. The van der Waals surface area contributed by atoms with E-state index in [-0.39, 0.29) is 16.8 Å². The molecular weight excluding hydrogens is 376 g/mol. The van der Waals surface area contributed by atoms with Crippen molar-refractivity contribution < 1.29 is 17.9 Å². The summed E-state index contributed by atoms with van der Waals surface area (Å²) < 4.78 is 34.4. The average Bonchev–Trinajstić information content (AvgIpc) is 2.81. The van der Waals surface area contributed by atoms with Crippen LogP contribution in [0.3, 0.4) is 0 Å². The lowest BCUT2D eigenvalue weighted by atomic mass is 9.82. The highest BCUT2D eigenvalue weighted by molar-refractivity contribution is 7.89. The molecule has 4 rings (SSSR count). The number of aryl methyl sites for hydroxylation is 1. The number of sulfonamides is 1. The third kappa shape index (κ3) is 3.77. The molecule has 1 spiro atoms. The number of carbonyl (C=O) groups excluding carboxylic acids is 1. The number of ether oxygens (including phenoxy) is 1. The fourth-order valence-corrected chi connectivity index (χ4v) is 5.20. The first-order chi connectivity index (χ1) is 13.4. The van der Waals surface area contributed by atoms with Gasteiger partial charge in [-0.25, -0.2) is 13.1 Å². The van der Waals surface area contributed by atoms with Crippen molar-refractivity contribution >= 4 is 15.9 Å². The third-order valence-electron chi connectivity index (χ3n) is 5.58. The SMILES string of the molecule is Cc1ccc(S(=O)(=O)NC2CCC3(CC2)CNC(=O)c2ccccc2O3)cc1. The normalized spacial score (nSPS) is 24.8. The van der Waals surface area contributed by atoms with Gasteiger partial charge in [-0.2, -0.15) is 0 Å². The van der Waals surface area contributed by atoms with Gasteiger partial charge in [-0.1, -0.05) is 29.8 Å². The molecule has 1 fully saturated rings. The Morgan fingerprint density at radius 2 is 1.75 bits per heavy atom. The second-order valence-corrected chi connectivity index (χ2v) is 9.39. The second kappa shape index (κ2) is 7.22. The molecular formula is C21H24N2O4S. The van der Waals surface area contributed by atoms with E-state index in [0.717, 1.165) is 5.56 Å². The van der Waals surface area contributed by atoms with Gasteiger partial charge in [0.15, 0.2) is 0 Å². The van der Waals surface area contributed by atoms with Crippen molar-refractivity contribution in [3.8, 4) is 5.75 Å². The van der Waals surface area contributed by atoms with Crippen LogP contribution in [-0.4, -0.2) is 32.5 Å². The summed E-state index contributed by atoms with van der Waals surface area (Å²) in [4.78, 5) is 12.6. The molecule has 2 aromatic rings. The zero-order chi connectivity index (χ0) is 19.8. The predicted molar refractivity (Wildman–Crippen MR) is 106 cm³/mol. The van der Waals surface area contributed by atoms with Crippen LogP contribution >= 0.6 is 0 Å². The number of carbonyl (C=O) groups is 1. The number of hydrogen-bond donors (Lipinski definition) is 2. The van der Waals surface area contributed by atoms with E-state index in [2.05, 4.69) is 10.0 Å². The molecule has 0 aromatic heterocycles. The lowest BCUT2D eigenvalue weighted by Crippen LogP contribution is -2.51. The Morgan fingerprint density at radius 3 is 2.46 bits per heavy atom. The van der Waals surface area contributed by atoms with E-state index >= 15 is 0 Å². The molecule has 0 radical (unpaired) electrons. The number of para-hydroxylation sites is 1. The molecule has 2 N–H and O–H groups in total. The van der Waals surface area contributed by atoms with Gasteiger partial charge in [0, 0.05) is 6.04 Å². The van der Waals surface area contributed by atoms with Crippen LogP contribution in [0.15, 0.2) is 53.4 Å². The topological polar surface area (TPSA) is 84.5 Å². The molecule has 7 heteroatoms. The summed E-state index contributed by atoms with van der Waals surface area (Å²) in [5.74, 6) is 0.464. The zero-order valence-corrected chi connectivity index (χ0v) is 16.6. The summed E-state index contributed by atoms with van der Waals surface area (Å²) in [7, 11) is -3.54. The Kier molecular flexibility index (Phi) is 4.89. The molecule has 2 aliphatic rings. The first kappa shape index (κ1) is 19.0. The van der Waals surface area contributed by atoms with Crippen LogP contribution in [0.2, 0.25) is 0 Å². The number of amides is 1. The van der Waals surface area contributed by atoms with E-state index < -0.39 is 15.6 Å². The minimum atomic E-state index is -3.54. The number of nitrogens with one attached hydrogen (secondary N) is 2. The highest BCUT2D eigenvalue weighted by Gasteiger charge is 2.41. The maximum absolute atomic E-state index is 12.6. The molecule has 0 unspecified atom stereocenters. The monoisotopic (exact) mass is 400 g/mol. The van der Waals surface area contributed by atoms with Crippen molar-refractivity contribution in [3.63, 3.8) is 0 Å². The van der Waals surface area contributed by atoms with Gasteiger partial charge in [0.25, 0.3) is 5.91 Å². The van der Waals surface area contributed by atoms with Gasteiger partial charge in [-0.15, -0.1) is 0 Å². The zero-order valence-electron chi connectivity index (χ0n) is 15.8. The van der Waals surface area contributed by atoms with Crippen LogP contribution in [0.4, 0.5) is 0 Å². The molecule has 2 aromatic carbocycles. The quantitative estimate of drug-likeness (QED) is 0.830. The van der Waals surface area contributed by atoms with Crippen LogP contribution in [0, 0.1) is 6.92 Å². The Hall–Kier alpha value is -2.38. The number of rotatable bonds is 3. The van der Waals surface area contributed by atoms with Crippen LogP contribution < -0.4 is 14.8 Å². The molecule has 1 amide bonds. The van der Waals surface area contributed by atoms with Crippen LogP contribution in [0.5, 0.6) is 5.75 Å². The smallest absolute Gasteiger partial charge is 0.255 e. The maximum atomic E-state index is 12.6. The molecule has 28 heavy (non-hydrogen) atoms. The Bertz CT molecular complexity index is 978. The molecule has 0 saturated heterocycles. The van der Waals surface area contributed by atoms with Crippen LogP contribution in [0.1, 0.15) is 41.6 Å². The van der Waals surface area contributed by atoms with E-state index in [4.69, 9.17) is 4.74 Å². The first-order valence-corrected chi connectivity index (χ1v) is 11.0. The van der Waals surface area contributed by atoms with Crippen LogP contribution in [0.25, 0.3) is 0 Å². The second-order valence-electron chi connectivity index (χ2n) is 7.67. The standard InChI is InChI=1S/C21H24N2O4S/c1-15-6-8-17(9-7-15)28(25,26)23-16-10-12-21(13-11-16)14-22-20(24)18-4-2-3-5-19(18)27-21/h2-9,16,23H,10-14H2,1H3,(H,22,24). The van der Waals surface area contributed by atoms with Gasteiger partial charge in [0.2, 0.25) is 10.0 Å². The van der Waals surface area contributed by atoms with E-state index in [1.807, 2.05) is 25.1 Å². The van der Waals surface area contributed by atoms with Crippen molar-refractivity contribution in [2.75, 3.05) is 6.54 Å². The number of benzene rings is 2. The minimum absolute atomic E-state index is 0.130. The first-order valence-electron chi connectivity index (χ1n) is 9.52. The van der Waals surface area contributed by atoms with E-state index in [9.17, 15) is 13.2 Å². The molecule has 1 saturated carbocycles. The Labute approximate surface area is 165 Å². The van der Waals surface area contributed by atoms with Crippen molar-refractivity contribution in [1.82, 2.24) is 10.0 Å². The molecule has 1 aliphatic carbocycles. The summed E-state index contributed by atoms with van der Waals surface area (Å²) in [6, 6.07) is 13.9. The molecule has 6 nitrogen and oxygen atoms in total. The van der Waals surface area contributed by atoms with E-state index in [1.165, 1.54) is 0 Å². The van der Waals surface area contributed by atoms with Gasteiger partial charge in [0.1, 0.15) is 11.4 Å². The largest absolute Gasteiger partial charge is 0.485 e. The molecule has 1 aliphatic heterocycles. The summed E-state index contributed by atoms with van der Waals surface area (Å²) >= 11 is 0. The van der Waals surface area contributed by atoms with Gasteiger partial charge in [0.05, 0.1) is 17.0 Å². The molecule has 0 atom stereocenters. The fraction of sp³-hybridized carbons (Fsp3) is 0.381. The van der Waals surface area contributed by atoms with Crippen molar-refractivity contribution in [1.29, 1.82) is 0 Å². The number of fused-ring (bicyclic) bond motifs is 1. The summed E-state index contributed by atoms with van der Waals surface area (Å²) in [5.41, 5.74) is 1.07. The van der Waals surface area contributed by atoms with E-state index in [0.29, 0.717) is 43.5 Å². The predicted octanol–water partition coefficient (Wildman–Crippen LogP) is 2.78. The van der Waals surface area contributed by atoms with Gasteiger partial charge < -0.3 is 10.1 Å². The third-order valence-corrected chi connectivity index (χ3v) is 7.12. The summed E-state index contributed by atoms with van der Waals surface area (Å²) in [6.07, 6.45) is 2.65. The van der Waals surface area contributed by atoms with Crippen molar-refractivity contribution in [3.05, 3.63) is 59.7 Å². The highest BCUT2D eigenvalue weighted by atomic mass is 32.2. The lowest BCUT2D eigenvalue weighted by Gasteiger charge is -2.39. The molecule has 148 valence electrons. The van der Waals surface area contributed by atoms with Crippen molar-refractivity contribution in [2.45, 2.75) is 49.1 Å². The van der Waals surface area contributed by atoms with Gasteiger partial charge in [-0.05, 0) is 56.9 Å². The van der Waals surface area contributed by atoms with Gasteiger partial charge in [-0.3, -0.25) is 4.79 Å². The molecule has 1 heterocycles. The van der Waals surface area contributed by atoms with Gasteiger partial charge >= 0.3 is 0 Å². The highest BCUT2D eigenvalue weighted by Crippen LogP contribution is 2.36. The van der Waals surface area contributed by atoms with Crippen LogP contribution in [-0.2, 0) is 10.0 Å².